The minimum absolute atomic E-state index is 0.218. The molecule has 0 aromatic heterocycles. The molecular weight excluding hydrogens is 402 g/mol. The van der Waals surface area contributed by atoms with Gasteiger partial charge in [0, 0.05) is 17.8 Å². The maximum atomic E-state index is 10.3. The minimum atomic E-state index is -0.268. The molecule has 5 heteroatoms. The Labute approximate surface area is 193 Å². The number of fused-ring (bicyclic) bond motifs is 1. The molecule has 1 aromatic rings. The fourth-order valence-corrected chi connectivity index (χ4v) is 3.53. The number of ether oxygens (including phenoxy) is 3. The molecule has 176 valence electrons. The van der Waals surface area contributed by atoms with Gasteiger partial charge in [-0.05, 0) is 24.6 Å². The van der Waals surface area contributed by atoms with Crippen LogP contribution in [0.4, 0.5) is 0 Å². The first-order valence-electron chi connectivity index (χ1n) is 12.1. The molecule has 1 atom stereocenters. The molecule has 0 spiro atoms. The van der Waals surface area contributed by atoms with E-state index in [2.05, 4.69) is 12.2 Å². The zero-order chi connectivity index (χ0) is 22.7. The van der Waals surface area contributed by atoms with E-state index in [9.17, 15) is 4.79 Å². The van der Waals surface area contributed by atoms with Gasteiger partial charge in [0.25, 0.3) is 0 Å². The lowest BCUT2D eigenvalue weighted by molar-refractivity contribution is 0.109. The molecule has 0 amide bonds. The number of rotatable bonds is 18. The third-order valence-electron chi connectivity index (χ3n) is 5.35. The molecular formula is C27H39NO4. The summed E-state index contributed by atoms with van der Waals surface area (Å²) in [7, 11) is 0. The van der Waals surface area contributed by atoms with Gasteiger partial charge in [-0.25, -0.2) is 4.79 Å². The number of benzene rings is 1. The van der Waals surface area contributed by atoms with Crippen molar-refractivity contribution in [3.63, 3.8) is 0 Å². The number of hydrogen-bond donors (Lipinski definition) is 1. The Hall–Kier alpha value is -2.49. The molecule has 1 N–H and O–H groups in total. The average Bonchev–Trinajstić information content (AvgIpc) is 2.83. The van der Waals surface area contributed by atoms with E-state index in [1.165, 1.54) is 63.9 Å². The largest absolute Gasteiger partial charge is 0.494 e. The molecule has 1 aliphatic heterocycles. The molecule has 1 aliphatic rings. The Balaban J connectivity index is 1.66. The van der Waals surface area contributed by atoms with Gasteiger partial charge in [-0.1, -0.05) is 82.9 Å². The van der Waals surface area contributed by atoms with Gasteiger partial charge in [-0.2, -0.15) is 0 Å². The van der Waals surface area contributed by atoms with Crippen LogP contribution in [0.2, 0.25) is 0 Å². The van der Waals surface area contributed by atoms with Crippen LogP contribution in [-0.4, -0.2) is 32.0 Å². The van der Waals surface area contributed by atoms with Crippen LogP contribution in [0.15, 0.2) is 48.4 Å². The predicted molar refractivity (Wildman–Crippen MR) is 130 cm³/mol. The minimum Gasteiger partial charge on any atom is -0.494 e. The van der Waals surface area contributed by atoms with Crippen LogP contribution in [0.3, 0.4) is 0 Å². The van der Waals surface area contributed by atoms with Crippen LogP contribution in [0.25, 0.3) is 6.08 Å². The summed E-state index contributed by atoms with van der Waals surface area (Å²) in [6.07, 6.45) is 19.8. The molecule has 0 fully saturated rings. The highest BCUT2D eigenvalue weighted by Crippen LogP contribution is 2.24. The standard InChI is InChI=1S/C27H39NO4/c1-2-3-4-5-6-7-8-9-10-13-21-31-25(23-30-20-14-19-29)22-28-27-18-17-24-15-11-12-16-26(24)32-27/h11-12,14-18,22,27-28H,2-10,13,20-21,23H2,1H3/b25-22+. The molecule has 0 radical (unpaired) electrons. The number of carbonyl (C=O) groups excluding carboxylic acids is 1. The van der Waals surface area contributed by atoms with Crippen molar-refractivity contribution in [1.29, 1.82) is 0 Å². The van der Waals surface area contributed by atoms with Crippen molar-refractivity contribution in [1.82, 2.24) is 5.32 Å². The smallest absolute Gasteiger partial charge is 0.189 e. The molecule has 1 heterocycles. The summed E-state index contributed by atoms with van der Waals surface area (Å²) in [5, 5.41) is 3.23. The van der Waals surface area contributed by atoms with E-state index in [0.29, 0.717) is 12.4 Å². The van der Waals surface area contributed by atoms with Crippen molar-refractivity contribution in [2.75, 3.05) is 19.8 Å². The summed E-state index contributed by atoms with van der Waals surface area (Å²) in [5.74, 6) is 3.26. The summed E-state index contributed by atoms with van der Waals surface area (Å²) in [4.78, 5) is 10.3. The van der Waals surface area contributed by atoms with Crippen molar-refractivity contribution in [2.45, 2.75) is 77.4 Å². The van der Waals surface area contributed by atoms with E-state index in [1.54, 1.807) is 12.1 Å². The highest BCUT2D eigenvalue weighted by Gasteiger charge is 2.12. The lowest BCUT2D eigenvalue weighted by atomic mass is 10.1. The molecule has 0 aliphatic carbocycles. The molecule has 0 saturated heterocycles. The zero-order valence-electron chi connectivity index (χ0n) is 19.5. The van der Waals surface area contributed by atoms with Crippen LogP contribution in [0, 0.1) is 0 Å². The van der Waals surface area contributed by atoms with E-state index >= 15 is 0 Å². The second kappa shape index (κ2) is 17.1. The molecule has 0 bridgehead atoms. The van der Waals surface area contributed by atoms with Crippen molar-refractivity contribution >= 4 is 12.0 Å². The average molecular weight is 442 g/mol. The van der Waals surface area contributed by atoms with Gasteiger partial charge in [0.1, 0.15) is 24.1 Å². The highest BCUT2D eigenvalue weighted by molar-refractivity contribution is 5.59. The first kappa shape index (κ1) is 25.8. The Morgan fingerprint density at radius 2 is 1.78 bits per heavy atom. The van der Waals surface area contributed by atoms with Crippen LogP contribution in [-0.2, 0) is 14.3 Å². The normalized spacial score (nSPS) is 14.9. The van der Waals surface area contributed by atoms with Crippen molar-refractivity contribution in [3.8, 4) is 5.75 Å². The van der Waals surface area contributed by atoms with E-state index in [1.807, 2.05) is 36.4 Å². The van der Waals surface area contributed by atoms with Crippen molar-refractivity contribution < 1.29 is 19.0 Å². The second-order valence-corrected chi connectivity index (χ2v) is 8.08. The summed E-state index contributed by atoms with van der Waals surface area (Å²) in [6, 6.07) is 7.92. The molecule has 32 heavy (non-hydrogen) atoms. The van der Waals surface area contributed by atoms with Crippen LogP contribution >= 0.6 is 0 Å². The Morgan fingerprint density at radius 3 is 2.53 bits per heavy atom. The van der Waals surface area contributed by atoms with E-state index in [4.69, 9.17) is 14.2 Å². The lowest BCUT2D eigenvalue weighted by Crippen LogP contribution is -2.30. The van der Waals surface area contributed by atoms with Crippen molar-refractivity contribution in [3.05, 3.63) is 53.9 Å². The third-order valence-corrected chi connectivity index (χ3v) is 5.35. The second-order valence-electron chi connectivity index (χ2n) is 8.08. The van der Waals surface area contributed by atoms with E-state index in [-0.39, 0.29) is 19.4 Å². The molecule has 5 nitrogen and oxygen atoms in total. The topological polar surface area (TPSA) is 56.8 Å². The first-order valence-corrected chi connectivity index (χ1v) is 12.1. The zero-order valence-corrected chi connectivity index (χ0v) is 19.5. The Morgan fingerprint density at radius 1 is 1.06 bits per heavy atom. The molecule has 2 rings (SSSR count). The fourth-order valence-electron chi connectivity index (χ4n) is 3.53. The van der Waals surface area contributed by atoms with Gasteiger partial charge >= 0.3 is 0 Å². The summed E-state index contributed by atoms with van der Waals surface area (Å²) in [6.45, 7) is 3.42. The summed E-state index contributed by atoms with van der Waals surface area (Å²) in [5.41, 5.74) is 1.07. The number of unbranched alkanes of at least 4 members (excludes halogenated alkanes) is 9. The van der Waals surface area contributed by atoms with Gasteiger partial charge in [-0.3, -0.25) is 0 Å². The third kappa shape index (κ3) is 11.2. The lowest BCUT2D eigenvalue weighted by Gasteiger charge is -2.22. The van der Waals surface area contributed by atoms with Gasteiger partial charge < -0.3 is 19.5 Å². The van der Waals surface area contributed by atoms with E-state index in [0.717, 1.165) is 17.7 Å². The number of nitrogens with one attached hydrogen (secondary N) is 1. The fraction of sp³-hybridized carbons (Fsp3) is 0.556. The number of hydrogen-bond acceptors (Lipinski definition) is 5. The maximum absolute atomic E-state index is 10.3. The summed E-state index contributed by atoms with van der Waals surface area (Å²) < 4.78 is 17.3. The van der Waals surface area contributed by atoms with Gasteiger partial charge in [0.05, 0.1) is 13.2 Å². The molecule has 1 unspecified atom stereocenters. The Kier molecular flexibility index (Phi) is 13.8. The van der Waals surface area contributed by atoms with Crippen LogP contribution in [0.1, 0.15) is 76.7 Å². The summed E-state index contributed by atoms with van der Waals surface area (Å²) >= 11 is 0. The molecule has 1 aromatic carbocycles. The van der Waals surface area contributed by atoms with Crippen LogP contribution < -0.4 is 10.1 Å². The predicted octanol–water partition coefficient (Wildman–Crippen LogP) is 6.19. The maximum Gasteiger partial charge on any atom is 0.189 e. The SMILES string of the molecule is CCCCCCCCCCCCO/C(=C/NC1C=Cc2ccccc2O1)COCC=C=O. The van der Waals surface area contributed by atoms with Crippen molar-refractivity contribution in [2.24, 2.45) is 0 Å². The van der Waals surface area contributed by atoms with Gasteiger partial charge in [0.15, 0.2) is 6.23 Å². The Bertz CT molecular complexity index is 737. The highest BCUT2D eigenvalue weighted by atomic mass is 16.5. The quantitative estimate of drug-likeness (QED) is 0.167. The first-order chi connectivity index (χ1) is 15.8. The molecule has 0 saturated carbocycles. The monoisotopic (exact) mass is 441 g/mol. The van der Waals surface area contributed by atoms with Crippen LogP contribution in [0.5, 0.6) is 5.75 Å². The van der Waals surface area contributed by atoms with Gasteiger partial charge in [-0.15, -0.1) is 0 Å². The van der Waals surface area contributed by atoms with Gasteiger partial charge in [0.2, 0.25) is 0 Å². The number of para-hydroxylation sites is 1. The van der Waals surface area contributed by atoms with E-state index < -0.39 is 0 Å².